The van der Waals surface area contributed by atoms with E-state index >= 15 is 4.39 Å². The van der Waals surface area contributed by atoms with Crippen molar-refractivity contribution in [1.82, 2.24) is 9.55 Å². The van der Waals surface area contributed by atoms with Crippen molar-refractivity contribution in [2.24, 2.45) is 5.73 Å². The van der Waals surface area contributed by atoms with Gasteiger partial charge in [-0.1, -0.05) is 0 Å². The van der Waals surface area contributed by atoms with Gasteiger partial charge in [0.05, 0.1) is 5.39 Å². The summed E-state index contributed by atoms with van der Waals surface area (Å²) in [5, 5.41) is 9.42. The lowest BCUT2D eigenvalue weighted by molar-refractivity contribution is 0.0695. The maximum absolute atomic E-state index is 15.2. The predicted octanol–water partition coefficient (Wildman–Crippen LogP) is 1.65. The van der Waals surface area contributed by atoms with E-state index in [0.29, 0.717) is 30.9 Å². The quantitative estimate of drug-likeness (QED) is 0.573. The summed E-state index contributed by atoms with van der Waals surface area (Å²) in [6, 6.07) is 6.57. The molecule has 5 N–H and O–H groups in total. The summed E-state index contributed by atoms with van der Waals surface area (Å²) < 4.78 is 16.6. The normalized spacial score (nSPS) is 16.5. The monoisotopic (exact) mass is 397 g/mol. The van der Waals surface area contributed by atoms with Crippen LogP contribution in [0.15, 0.2) is 35.3 Å². The zero-order valence-corrected chi connectivity index (χ0v) is 15.7. The minimum Gasteiger partial charge on any atom is -0.477 e. The van der Waals surface area contributed by atoms with Crippen LogP contribution >= 0.6 is 0 Å². The first-order valence-electron chi connectivity index (χ1n) is 9.13. The Morgan fingerprint density at radius 1 is 1.31 bits per heavy atom. The molecule has 0 radical (unpaired) electrons. The van der Waals surface area contributed by atoms with E-state index in [0.717, 1.165) is 0 Å². The number of nitrogens with zero attached hydrogens (tertiary/aromatic N) is 3. The summed E-state index contributed by atoms with van der Waals surface area (Å²) in [6.07, 6.45) is 1.92. The molecule has 2 aromatic heterocycles. The van der Waals surface area contributed by atoms with Gasteiger partial charge >= 0.3 is 5.97 Å². The number of hydrogen-bond donors (Lipinski definition) is 3. The fourth-order valence-corrected chi connectivity index (χ4v) is 3.65. The summed E-state index contributed by atoms with van der Waals surface area (Å²) in [4.78, 5) is 30.6. The number of carboxylic acid groups (broad SMARTS) is 1. The Bertz CT molecular complexity index is 1190. The fourth-order valence-electron chi connectivity index (χ4n) is 3.65. The lowest BCUT2D eigenvalue weighted by Gasteiger charge is -2.21. The number of pyridine rings is 2. The molecule has 1 aliphatic rings. The van der Waals surface area contributed by atoms with Gasteiger partial charge in [-0.05, 0) is 37.6 Å². The van der Waals surface area contributed by atoms with Crippen molar-refractivity contribution >= 4 is 28.5 Å². The van der Waals surface area contributed by atoms with Crippen LogP contribution in [0.5, 0.6) is 0 Å². The van der Waals surface area contributed by atoms with Crippen LogP contribution in [-0.2, 0) is 0 Å². The van der Waals surface area contributed by atoms with Crippen LogP contribution in [0.2, 0.25) is 0 Å². The molecule has 9 heteroatoms. The molecule has 1 aromatic carbocycles. The standard InChI is InChI=1S/C20H20FN5O3/c1-10-15-17(27)14(20(28)29)9-26(13-4-2-11(22)3-5-13)18(15)24-19(16(10)21)25-7-6-12(23)8-25/h2-5,9,12H,6-8,22-23H2,1H3,(H,28,29)/t12-/m0/s1. The Kier molecular flexibility index (Phi) is 4.46. The Labute approximate surface area is 165 Å². The zero-order valence-electron chi connectivity index (χ0n) is 15.7. The predicted molar refractivity (Wildman–Crippen MR) is 108 cm³/mol. The summed E-state index contributed by atoms with van der Waals surface area (Å²) in [5.74, 6) is -1.93. The number of anilines is 2. The highest BCUT2D eigenvalue weighted by atomic mass is 19.1. The molecule has 1 aliphatic heterocycles. The second-order valence-electron chi connectivity index (χ2n) is 7.21. The first-order chi connectivity index (χ1) is 13.8. The van der Waals surface area contributed by atoms with Gasteiger partial charge < -0.3 is 26.0 Å². The summed E-state index contributed by atoms with van der Waals surface area (Å²) in [7, 11) is 0. The minimum absolute atomic E-state index is 0.0581. The summed E-state index contributed by atoms with van der Waals surface area (Å²) >= 11 is 0. The van der Waals surface area contributed by atoms with E-state index in [1.807, 2.05) is 0 Å². The number of nitrogen functional groups attached to an aromatic ring is 1. The maximum atomic E-state index is 15.2. The first kappa shape index (κ1) is 18.9. The van der Waals surface area contributed by atoms with Gasteiger partial charge in [0.2, 0.25) is 5.43 Å². The molecule has 0 unspecified atom stereocenters. The number of benzene rings is 1. The van der Waals surface area contributed by atoms with Crippen molar-refractivity contribution in [3.05, 3.63) is 57.6 Å². The van der Waals surface area contributed by atoms with Crippen LogP contribution in [0.4, 0.5) is 15.9 Å². The molecule has 0 amide bonds. The number of rotatable bonds is 3. The number of aryl methyl sites for hydroxylation is 1. The van der Waals surface area contributed by atoms with E-state index in [1.165, 1.54) is 17.7 Å². The van der Waals surface area contributed by atoms with Crippen molar-refractivity contribution in [2.75, 3.05) is 23.7 Å². The van der Waals surface area contributed by atoms with E-state index in [1.54, 1.807) is 29.2 Å². The lowest BCUT2D eigenvalue weighted by atomic mass is 10.1. The highest BCUT2D eigenvalue weighted by molar-refractivity contribution is 5.93. The number of aromatic carboxylic acids is 1. The van der Waals surface area contributed by atoms with Gasteiger partial charge in [-0.3, -0.25) is 4.79 Å². The number of carboxylic acids is 1. The first-order valence-corrected chi connectivity index (χ1v) is 9.13. The highest BCUT2D eigenvalue weighted by Gasteiger charge is 2.27. The van der Waals surface area contributed by atoms with E-state index in [-0.39, 0.29) is 28.5 Å². The number of aromatic nitrogens is 2. The molecule has 4 rings (SSSR count). The number of nitrogens with two attached hydrogens (primary N) is 2. The lowest BCUT2D eigenvalue weighted by Crippen LogP contribution is -2.28. The van der Waals surface area contributed by atoms with Crippen LogP contribution in [-0.4, -0.2) is 39.8 Å². The van der Waals surface area contributed by atoms with E-state index < -0.39 is 22.8 Å². The van der Waals surface area contributed by atoms with E-state index in [9.17, 15) is 14.7 Å². The van der Waals surface area contributed by atoms with Crippen molar-refractivity contribution in [1.29, 1.82) is 0 Å². The van der Waals surface area contributed by atoms with Gasteiger partial charge in [0, 0.05) is 42.3 Å². The molecule has 3 aromatic rings. The number of hydrogen-bond acceptors (Lipinski definition) is 6. The van der Waals surface area contributed by atoms with Crippen LogP contribution in [0, 0.1) is 12.7 Å². The number of fused-ring (bicyclic) bond motifs is 1. The van der Waals surface area contributed by atoms with Crippen LogP contribution < -0.4 is 21.8 Å². The molecule has 29 heavy (non-hydrogen) atoms. The molecule has 1 fully saturated rings. The third-order valence-electron chi connectivity index (χ3n) is 5.22. The molecule has 0 saturated carbocycles. The average molecular weight is 397 g/mol. The molecule has 1 atom stereocenters. The second-order valence-corrected chi connectivity index (χ2v) is 7.21. The molecular formula is C20H20FN5O3. The third kappa shape index (κ3) is 3.09. The SMILES string of the molecule is Cc1c(F)c(N2CC[C@H](N)C2)nc2c1c(=O)c(C(=O)O)cn2-c1ccc(N)cc1. The summed E-state index contributed by atoms with van der Waals surface area (Å²) in [5.41, 5.74) is 11.8. The van der Waals surface area contributed by atoms with Crippen molar-refractivity contribution in [2.45, 2.75) is 19.4 Å². The van der Waals surface area contributed by atoms with Gasteiger partial charge in [-0.15, -0.1) is 0 Å². The summed E-state index contributed by atoms with van der Waals surface area (Å²) in [6.45, 7) is 2.46. The minimum atomic E-state index is -1.39. The van der Waals surface area contributed by atoms with Gasteiger partial charge in [-0.2, -0.15) is 0 Å². The van der Waals surface area contributed by atoms with Gasteiger partial charge in [0.1, 0.15) is 5.56 Å². The molecule has 8 nitrogen and oxygen atoms in total. The molecule has 1 saturated heterocycles. The zero-order chi connectivity index (χ0) is 20.9. The maximum Gasteiger partial charge on any atom is 0.341 e. The van der Waals surface area contributed by atoms with Crippen LogP contribution in [0.25, 0.3) is 16.7 Å². The smallest absolute Gasteiger partial charge is 0.341 e. The molecule has 150 valence electrons. The topological polar surface area (TPSA) is 127 Å². The molecule has 0 aliphatic carbocycles. The fraction of sp³-hybridized carbons (Fsp3) is 0.250. The van der Waals surface area contributed by atoms with E-state index in [2.05, 4.69) is 4.98 Å². The van der Waals surface area contributed by atoms with Crippen molar-refractivity contribution in [3.63, 3.8) is 0 Å². The van der Waals surface area contributed by atoms with Crippen molar-refractivity contribution in [3.8, 4) is 5.69 Å². The highest BCUT2D eigenvalue weighted by Crippen LogP contribution is 2.29. The molecule has 0 bridgehead atoms. The van der Waals surface area contributed by atoms with E-state index in [4.69, 9.17) is 11.5 Å². The Morgan fingerprint density at radius 2 is 2.00 bits per heavy atom. The Hall–Kier alpha value is -3.46. The van der Waals surface area contributed by atoms with Gasteiger partial charge in [0.15, 0.2) is 17.3 Å². The van der Waals surface area contributed by atoms with Crippen LogP contribution in [0.3, 0.4) is 0 Å². The molecule has 0 spiro atoms. The molecular weight excluding hydrogens is 377 g/mol. The number of halogens is 1. The van der Waals surface area contributed by atoms with Crippen molar-refractivity contribution < 1.29 is 14.3 Å². The average Bonchev–Trinajstić information content (AvgIpc) is 3.11. The van der Waals surface area contributed by atoms with Gasteiger partial charge in [-0.25, -0.2) is 14.2 Å². The third-order valence-corrected chi connectivity index (χ3v) is 5.22. The molecule has 3 heterocycles. The van der Waals surface area contributed by atoms with Gasteiger partial charge in [0.25, 0.3) is 0 Å². The Balaban J connectivity index is 2.08. The Morgan fingerprint density at radius 3 is 2.59 bits per heavy atom. The number of carbonyl (C=O) groups is 1. The largest absolute Gasteiger partial charge is 0.477 e. The second kappa shape index (κ2) is 6.85. The van der Waals surface area contributed by atoms with Crippen LogP contribution in [0.1, 0.15) is 22.3 Å².